The van der Waals surface area contributed by atoms with Gasteiger partial charge in [-0.2, -0.15) is 0 Å². The number of phenolic OH excluding ortho intramolecular Hbond substituents is 1. The number of phenols is 1. The number of rotatable bonds is 1. The van der Waals surface area contributed by atoms with Crippen LogP contribution in [0.15, 0.2) is 54.6 Å². The van der Waals surface area contributed by atoms with Crippen LogP contribution in [0.4, 0.5) is 0 Å². The topological polar surface area (TPSA) is 33.1 Å². The van der Waals surface area contributed by atoms with E-state index in [1.54, 1.807) is 12.1 Å². The van der Waals surface area contributed by atoms with E-state index in [2.05, 4.69) is 10.9 Å². The molecule has 90 valence electrons. The summed E-state index contributed by atoms with van der Waals surface area (Å²) in [5, 5.41) is 10.5. The lowest BCUT2D eigenvalue weighted by molar-refractivity contribution is 0.475. The van der Waals surface area contributed by atoms with Crippen LogP contribution in [0.5, 0.6) is 5.75 Å². The Bertz CT molecular complexity index is 800. The van der Waals surface area contributed by atoms with Gasteiger partial charge in [0, 0.05) is 5.39 Å². The fraction of sp³-hybridized carbons (Fsp3) is 0. The van der Waals surface area contributed by atoms with E-state index in [0.717, 1.165) is 22.0 Å². The van der Waals surface area contributed by atoms with Crippen LogP contribution < -0.4 is 0 Å². The summed E-state index contributed by atoms with van der Waals surface area (Å²) in [6.45, 7) is 0. The average Bonchev–Trinajstić information content (AvgIpc) is 2.46. The minimum absolute atomic E-state index is 0.262. The van der Waals surface area contributed by atoms with Crippen LogP contribution in [0.25, 0.3) is 22.0 Å². The zero-order valence-electron chi connectivity index (χ0n) is 10.2. The molecule has 2 nitrogen and oxygen atoms in total. The molecule has 1 heterocycles. The number of pyridine rings is 1. The van der Waals surface area contributed by atoms with Crippen molar-refractivity contribution in [3.63, 3.8) is 0 Å². The Balaban J connectivity index is 2.15. The highest BCUT2D eigenvalue weighted by Crippen LogP contribution is 2.26. The van der Waals surface area contributed by atoms with Crippen molar-refractivity contribution in [1.82, 2.24) is 4.98 Å². The van der Waals surface area contributed by atoms with Crippen molar-refractivity contribution in [3.05, 3.63) is 60.3 Å². The average molecular weight is 245 g/mol. The molecule has 3 aromatic rings. The largest absolute Gasteiger partial charge is 0.508 e. The van der Waals surface area contributed by atoms with Crippen molar-refractivity contribution < 1.29 is 5.11 Å². The standard InChI is InChI=1S/C17H11NO/c1-2-15-8-6-14-10-13(7-9-17(14)18-15)12-4-3-5-16(19)11-12/h1,3-11,19H. The maximum Gasteiger partial charge on any atom is 0.116 e. The van der Waals surface area contributed by atoms with Gasteiger partial charge in [-0.3, -0.25) is 0 Å². The monoisotopic (exact) mass is 245 g/mol. The van der Waals surface area contributed by atoms with E-state index >= 15 is 0 Å². The lowest BCUT2D eigenvalue weighted by Crippen LogP contribution is -1.85. The summed E-state index contributed by atoms with van der Waals surface area (Å²) in [7, 11) is 0. The first-order valence-electron chi connectivity index (χ1n) is 5.93. The van der Waals surface area contributed by atoms with Crippen LogP contribution in [0.1, 0.15) is 5.69 Å². The third kappa shape index (κ3) is 2.14. The Morgan fingerprint density at radius 2 is 1.79 bits per heavy atom. The predicted octanol–water partition coefficient (Wildman–Crippen LogP) is 3.59. The molecule has 3 rings (SSSR count). The Kier molecular flexibility index (Phi) is 2.66. The second kappa shape index (κ2) is 4.47. The van der Waals surface area contributed by atoms with Crippen molar-refractivity contribution in [2.24, 2.45) is 0 Å². The van der Waals surface area contributed by atoms with Crippen molar-refractivity contribution in [2.45, 2.75) is 0 Å². The highest BCUT2D eigenvalue weighted by molar-refractivity contribution is 5.85. The molecule has 19 heavy (non-hydrogen) atoms. The van der Waals surface area contributed by atoms with E-state index in [4.69, 9.17) is 6.42 Å². The lowest BCUT2D eigenvalue weighted by Gasteiger charge is -2.04. The first kappa shape index (κ1) is 11.3. The van der Waals surface area contributed by atoms with Gasteiger partial charge >= 0.3 is 0 Å². The Morgan fingerprint density at radius 1 is 0.947 bits per heavy atom. The van der Waals surface area contributed by atoms with Crippen molar-refractivity contribution in [3.8, 4) is 29.2 Å². The van der Waals surface area contributed by atoms with Gasteiger partial charge in [-0.05, 0) is 47.5 Å². The van der Waals surface area contributed by atoms with Crippen LogP contribution in [0, 0.1) is 12.3 Å². The summed E-state index contributed by atoms with van der Waals surface area (Å²) in [6, 6.07) is 16.9. The number of nitrogens with zero attached hydrogens (tertiary/aromatic N) is 1. The minimum atomic E-state index is 0.262. The molecule has 0 saturated heterocycles. The maximum absolute atomic E-state index is 9.52. The first-order valence-corrected chi connectivity index (χ1v) is 5.93. The highest BCUT2D eigenvalue weighted by atomic mass is 16.3. The second-order valence-corrected chi connectivity index (χ2v) is 4.30. The van der Waals surface area contributed by atoms with Gasteiger partial charge in [-0.15, -0.1) is 6.42 Å². The van der Waals surface area contributed by atoms with Crippen molar-refractivity contribution in [2.75, 3.05) is 0 Å². The van der Waals surface area contributed by atoms with Gasteiger partial charge in [0.05, 0.1) is 5.52 Å². The number of hydrogen-bond donors (Lipinski definition) is 1. The smallest absolute Gasteiger partial charge is 0.116 e. The molecule has 2 aromatic carbocycles. The van der Waals surface area contributed by atoms with E-state index in [9.17, 15) is 5.11 Å². The van der Waals surface area contributed by atoms with Gasteiger partial charge in [0.2, 0.25) is 0 Å². The molecular weight excluding hydrogens is 234 g/mol. The van der Waals surface area contributed by atoms with Crippen molar-refractivity contribution >= 4 is 10.9 Å². The zero-order chi connectivity index (χ0) is 13.2. The van der Waals surface area contributed by atoms with Gasteiger partial charge in [0.1, 0.15) is 11.4 Å². The number of aromatic nitrogens is 1. The van der Waals surface area contributed by atoms with Gasteiger partial charge in [0.25, 0.3) is 0 Å². The molecule has 0 spiro atoms. The molecular formula is C17H11NO. The quantitative estimate of drug-likeness (QED) is 0.665. The molecule has 0 radical (unpaired) electrons. The molecule has 0 aliphatic carbocycles. The van der Waals surface area contributed by atoms with E-state index in [1.807, 2.05) is 42.5 Å². The number of benzene rings is 2. The molecule has 0 aliphatic rings. The second-order valence-electron chi connectivity index (χ2n) is 4.30. The van der Waals surface area contributed by atoms with Crippen LogP contribution in [0.2, 0.25) is 0 Å². The SMILES string of the molecule is C#Cc1ccc2cc(-c3cccc(O)c3)ccc2n1. The Labute approximate surface area is 111 Å². The summed E-state index contributed by atoms with van der Waals surface area (Å²) in [5.41, 5.74) is 3.53. The van der Waals surface area contributed by atoms with Crippen LogP contribution in [-0.4, -0.2) is 10.1 Å². The molecule has 1 N–H and O–H groups in total. The van der Waals surface area contributed by atoms with Crippen LogP contribution in [0.3, 0.4) is 0 Å². The Hall–Kier alpha value is -2.79. The maximum atomic E-state index is 9.52. The number of terminal acetylenes is 1. The van der Waals surface area contributed by atoms with Crippen LogP contribution in [-0.2, 0) is 0 Å². The molecule has 0 amide bonds. The summed E-state index contributed by atoms with van der Waals surface area (Å²) in [4.78, 5) is 4.36. The first-order chi connectivity index (χ1) is 9.26. The lowest BCUT2D eigenvalue weighted by atomic mass is 10.0. The number of fused-ring (bicyclic) bond motifs is 1. The van der Waals surface area contributed by atoms with Gasteiger partial charge in [0.15, 0.2) is 0 Å². The van der Waals surface area contributed by atoms with E-state index in [-0.39, 0.29) is 5.75 Å². The van der Waals surface area contributed by atoms with Gasteiger partial charge in [-0.1, -0.05) is 24.1 Å². The molecule has 2 heteroatoms. The summed E-state index contributed by atoms with van der Waals surface area (Å²) >= 11 is 0. The third-order valence-corrected chi connectivity index (χ3v) is 3.02. The van der Waals surface area contributed by atoms with E-state index in [0.29, 0.717) is 5.69 Å². The summed E-state index contributed by atoms with van der Waals surface area (Å²) < 4.78 is 0. The van der Waals surface area contributed by atoms with Gasteiger partial charge < -0.3 is 5.11 Å². The highest BCUT2D eigenvalue weighted by Gasteiger charge is 2.02. The predicted molar refractivity (Wildman–Crippen MR) is 76.8 cm³/mol. The Morgan fingerprint density at radius 3 is 2.58 bits per heavy atom. The minimum Gasteiger partial charge on any atom is -0.508 e. The molecule has 1 aromatic heterocycles. The van der Waals surface area contributed by atoms with Crippen LogP contribution >= 0.6 is 0 Å². The zero-order valence-corrected chi connectivity index (χ0v) is 10.2. The molecule has 0 saturated carbocycles. The van der Waals surface area contributed by atoms with Gasteiger partial charge in [-0.25, -0.2) is 4.98 Å². The fourth-order valence-electron chi connectivity index (χ4n) is 2.07. The molecule has 0 unspecified atom stereocenters. The fourth-order valence-corrected chi connectivity index (χ4v) is 2.07. The number of aromatic hydroxyl groups is 1. The molecule has 0 atom stereocenters. The summed E-state index contributed by atoms with van der Waals surface area (Å²) in [6.07, 6.45) is 5.34. The molecule has 0 bridgehead atoms. The van der Waals surface area contributed by atoms with E-state index in [1.165, 1.54) is 0 Å². The van der Waals surface area contributed by atoms with E-state index < -0.39 is 0 Å². The summed E-state index contributed by atoms with van der Waals surface area (Å²) in [5.74, 6) is 2.79. The molecule has 0 fully saturated rings. The number of hydrogen-bond acceptors (Lipinski definition) is 2. The normalized spacial score (nSPS) is 10.3. The molecule has 0 aliphatic heterocycles. The third-order valence-electron chi connectivity index (χ3n) is 3.02. The van der Waals surface area contributed by atoms with Crippen molar-refractivity contribution in [1.29, 1.82) is 0 Å².